The van der Waals surface area contributed by atoms with Gasteiger partial charge in [-0.3, -0.25) is 4.90 Å². The van der Waals surface area contributed by atoms with E-state index in [9.17, 15) is 0 Å². The fourth-order valence-electron chi connectivity index (χ4n) is 3.32. The Labute approximate surface area is 125 Å². The van der Waals surface area contributed by atoms with Gasteiger partial charge in [0.15, 0.2) is 0 Å². The largest absolute Gasteiger partial charge is 0.316 e. The maximum atomic E-state index is 6.32. The molecule has 0 spiro atoms. The lowest BCUT2D eigenvalue weighted by Crippen LogP contribution is -2.53. The Morgan fingerprint density at radius 2 is 1.65 bits per heavy atom. The normalized spacial score (nSPS) is 13.7. The maximum Gasteiger partial charge on any atom is 0.0550 e. The van der Waals surface area contributed by atoms with Gasteiger partial charge in [-0.15, -0.1) is 0 Å². The summed E-state index contributed by atoms with van der Waals surface area (Å²) in [7, 11) is 0. The van der Waals surface area contributed by atoms with Crippen LogP contribution in [0, 0.1) is 0 Å². The first-order chi connectivity index (χ1) is 9.62. The Kier molecular flexibility index (Phi) is 7.25. The first-order valence-electron chi connectivity index (χ1n) is 8.20. The van der Waals surface area contributed by atoms with Crippen molar-refractivity contribution >= 4 is 0 Å². The van der Waals surface area contributed by atoms with Gasteiger partial charge >= 0.3 is 0 Å². The quantitative estimate of drug-likeness (QED) is 0.531. The van der Waals surface area contributed by atoms with Crippen LogP contribution < -0.4 is 5.73 Å². The average Bonchev–Trinajstić information content (AvgIpc) is 2.48. The Morgan fingerprint density at radius 1 is 1.05 bits per heavy atom. The SMILES string of the molecule is CCCCCN(C(C)N)C(CC)(CC)c1ccccc1. The molecule has 0 aromatic heterocycles. The van der Waals surface area contributed by atoms with E-state index < -0.39 is 0 Å². The third kappa shape index (κ3) is 3.83. The number of benzene rings is 1. The van der Waals surface area contributed by atoms with E-state index >= 15 is 0 Å². The second-order valence-corrected chi connectivity index (χ2v) is 5.75. The summed E-state index contributed by atoms with van der Waals surface area (Å²) in [6, 6.07) is 10.9. The fourth-order valence-corrected chi connectivity index (χ4v) is 3.32. The lowest BCUT2D eigenvalue weighted by atomic mass is 9.82. The lowest BCUT2D eigenvalue weighted by Gasteiger charge is -2.46. The molecule has 1 atom stereocenters. The zero-order valence-corrected chi connectivity index (χ0v) is 13.7. The average molecular weight is 276 g/mol. The van der Waals surface area contributed by atoms with E-state index in [0.717, 1.165) is 19.4 Å². The van der Waals surface area contributed by atoms with Crippen molar-refractivity contribution in [2.24, 2.45) is 5.73 Å². The third-order valence-corrected chi connectivity index (χ3v) is 4.52. The van der Waals surface area contributed by atoms with Crippen molar-refractivity contribution in [3.05, 3.63) is 35.9 Å². The van der Waals surface area contributed by atoms with Crippen molar-refractivity contribution in [2.75, 3.05) is 6.54 Å². The molecule has 0 radical (unpaired) electrons. The first-order valence-corrected chi connectivity index (χ1v) is 8.20. The molecule has 2 N–H and O–H groups in total. The lowest BCUT2D eigenvalue weighted by molar-refractivity contribution is 0.0377. The highest BCUT2D eigenvalue weighted by Gasteiger charge is 2.36. The Balaban J connectivity index is 3.06. The molecule has 0 aliphatic rings. The molecule has 0 amide bonds. The van der Waals surface area contributed by atoms with Crippen molar-refractivity contribution in [1.82, 2.24) is 4.90 Å². The second-order valence-electron chi connectivity index (χ2n) is 5.75. The fraction of sp³-hybridized carbons (Fsp3) is 0.667. The summed E-state index contributed by atoms with van der Waals surface area (Å²) in [6.45, 7) is 10.0. The van der Waals surface area contributed by atoms with Gasteiger partial charge < -0.3 is 5.73 Å². The number of nitrogens with zero attached hydrogens (tertiary/aromatic N) is 1. The van der Waals surface area contributed by atoms with Crippen molar-refractivity contribution in [1.29, 1.82) is 0 Å². The van der Waals surface area contributed by atoms with Crippen molar-refractivity contribution in [3.63, 3.8) is 0 Å². The molecule has 0 bridgehead atoms. The minimum absolute atomic E-state index is 0.0726. The number of rotatable bonds is 9. The molecule has 2 heteroatoms. The molecule has 1 rings (SSSR count). The van der Waals surface area contributed by atoms with Crippen LogP contribution in [0.2, 0.25) is 0 Å². The van der Waals surface area contributed by atoms with Crippen molar-refractivity contribution in [2.45, 2.75) is 71.5 Å². The van der Waals surface area contributed by atoms with Gasteiger partial charge in [-0.2, -0.15) is 0 Å². The Bertz CT molecular complexity index is 355. The topological polar surface area (TPSA) is 29.3 Å². The van der Waals surface area contributed by atoms with Gasteiger partial charge in [0.1, 0.15) is 0 Å². The van der Waals surface area contributed by atoms with Gasteiger partial charge in [-0.05, 0) is 31.7 Å². The van der Waals surface area contributed by atoms with Crippen LogP contribution in [0.25, 0.3) is 0 Å². The van der Waals surface area contributed by atoms with Crippen LogP contribution in [-0.4, -0.2) is 17.6 Å². The molecule has 2 nitrogen and oxygen atoms in total. The summed E-state index contributed by atoms with van der Waals surface area (Å²) in [6.07, 6.45) is 6.05. The van der Waals surface area contributed by atoms with Crippen molar-refractivity contribution in [3.8, 4) is 0 Å². The Morgan fingerprint density at radius 3 is 2.10 bits per heavy atom. The molecule has 0 saturated heterocycles. The van der Waals surface area contributed by atoms with Gasteiger partial charge in [0, 0.05) is 12.1 Å². The predicted molar refractivity (Wildman–Crippen MR) is 88.6 cm³/mol. The number of nitrogens with two attached hydrogens (primary N) is 1. The molecule has 114 valence electrons. The zero-order valence-electron chi connectivity index (χ0n) is 13.7. The zero-order chi connectivity index (χ0) is 15.0. The van der Waals surface area contributed by atoms with Crippen LogP contribution >= 0.6 is 0 Å². The molecule has 0 heterocycles. The van der Waals surface area contributed by atoms with E-state index in [1.165, 1.54) is 24.8 Å². The van der Waals surface area contributed by atoms with Crippen LogP contribution in [0.1, 0.15) is 65.4 Å². The second kappa shape index (κ2) is 8.43. The summed E-state index contributed by atoms with van der Waals surface area (Å²) < 4.78 is 0. The molecule has 1 aromatic rings. The van der Waals surface area contributed by atoms with Crippen LogP contribution in [0.15, 0.2) is 30.3 Å². The standard InChI is InChI=1S/C18H32N2/c1-5-8-12-15-20(16(4)19)18(6-2,7-3)17-13-10-9-11-14-17/h9-11,13-14,16H,5-8,12,15,19H2,1-4H3. The molecule has 0 aliphatic carbocycles. The molecule has 1 unspecified atom stereocenters. The molecule has 20 heavy (non-hydrogen) atoms. The summed E-state index contributed by atoms with van der Waals surface area (Å²) >= 11 is 0. The highest BCUT2D eigenvalue weighted by atomic mass is 15.3. The minimum atomic E-state index is 0.0726. The predicted octanol–water partition coefficient (Wildman–Crippen LogP) is 4.50. The number of hydrogen-bond donors (Lipinski definition) is 1. The van der Waals surface area contributed by atoms with Crippen LogP contribution in [0.5, 0.6) is 0 Å². The van der Waals surface area contributed by atoms with E-state index in [0.29, 0.717) is 0 Å². The molecule has 0 aliphatic heterocycles. The van der Waals surface area contributed by atoms with E-state index in [2.05, 4.69) is 62.9 Å². The minimum Gasteiger partial charge on any atom is -0.316 e. The molecule has 1 aromatic carbocycles. The number of hydrogen-bond acceptors (Lipinski definition) is 2. The third-order valence-electron chi connectivity index (χ3n) is 4.52. The van der Waals surface area contributed by atoms with Crippen LogP contribution in [0.3, 0.4) is 0 Å². The first kappa shape index (κ1) is 17.2. The highest BCUT2D eigenvalue weighted by Crippen LogP contribution is 2.36. The monoisotopic (exact) mass is 276 g/mol. The Hall–Kier alpha value is -0.860. The van der Waals surface area contributed by atoms with Gasteiger partial charge in [-0.25, -0.2) is 0 Å². The highest BCUT2D eigenvalue weighted by molar-refractivity contribution is 5.24. The molecule has 0 saturated carbocycles. The molecule has 0 fully saturated rings. The van der Waals surface area contributed by atoms with E-state index in [1.807, 2.05) is 0 Å². The van der Waals surface area contributed by atoms with Gasteiger partial charge in [-0.1, -0.05) is 63.9 Å². The van der Waals surface area contributed by atoms with Crippen molar-refractivity contribution < 1.29 is 0 Å². The van der Waals surface area contributed by atoms with Crippen LogP contribution in [-0.2, 0) is 5.54 Å². The molecular weight excluding hydrogens is 244 g/mol. The van der Waals surface area contributed by atoms with Gasteiger partial charge in [0.25, 0.3) is 0 Å². The van der Waals surface area contributed by atoms with E-state index in [1.54, 1.807) is 0 Å². The molecular formula is C18H32N2. The maximum absolute atomic E-state index is 6.32. The van der Waals surface area contributed by atoms with Crippen LogP contribution in [0.4, 0.5) is 0 Å². The van der Waals surface area contributed by atoms with E-state index in [4.69, 9.17) is 5.73 Å². The summed E-state index contributed by atoms with van der Waals surface area (Å²) in [4.78, 5) is 2.51. The van der Waals surface area contributed by atoms with Gasteiger partial charge in [0.05, 0.1) is 6.17 Å². The smallest absolute Gasteiger partial charge is 0.0550 e. The summed E-state index contributed by atoms with van der Waals surface area (Å²) in [5.41, 5.74) is 7.79. The number of unbranched alkanes of at least 4 members (excludes halogenated alkanes) is 2. The summed E-state index contributed by atoms with van der Waals surface area (Å²) in [5, 5.41) is 0. The van der Waals surface area contributed by atoms with E-state index in [-0.39, 0.29) is 11.7 Å². The summed E-state index contributed by atoms with van der Waals surface area (Å²) in [5.74, 6) is 0. The van der Waals surface area contributed by atoms with Gasteiger partial charge in [0.2, 0.25) is 0 Å².